The third kappa shape index (κ3) is 5.11. The highest BCUT2D eigenvalue weighted by Crippen LogP contribution is 2.42. The van der Waals surface area contributed by atoms with Crippen LogP contribution in [-0.4, -0.2) is 57.7 Å². The number of aliphatic carboxylic acids is 1. The van der Waals surface area contributed by atoms with Crippen molar-refractivity contribution in [2.45, 2.75) is 18.8 Å². The number of carboxylic acid groups (broad SMARTS) is 1. The molecule has 38 heavy (non-hydrogen) atoms. The Hall–Kier alpha value is -4.22. The molecular weight excluding hydrogens is 506 g/mol. The van der Waals surface area contributed by atoms with Gasteiger partial charge in [-0.05, 0) is 48.7 Å². The molecule has 1 aliphatic rings. The monoisotopic (exact) mass is 533 g/mol. The van der Waals surface area contributed by atoms with Gasteiger partial charge in [-0.25, -0.2) is 27.0 Å². The summed E-state index contributed by atoms with van der Waals surface area (Å²) in [5.41, 5.74) is 9.84. The second kappa shape index (κ2) is 10.3. The zero-order valence-electron chi connectivity index (χ0n) is 20.7. The number of nitrogens with two attached hydrogens (primary N) is 1. The fraction of sp³-hybridized carbons (Fsp3) is 0.222. The summed E-state index contributed by atoms with van der Waals surface area (Å²) >= 11 is 0. The van der Waals surface area contributed by atoms with E-state index < -0.39 is 16.0 Å². The molecule has 4 aromatic rings. The molecule has 0 spiro atoms. The molecule has 11 heteroatoms. The molecule has 0 bridgehead atoms. The van der Waals surface area contributed by atoms with Gasteiger partial charge in [0.2, 0.25) is 10.0 Å². The maximum absolute atomic E-state index is 12.1. The number of anilines is 1. The number of aromatic nitrogens is 3. The van der Waals surface area contributed by atoms with Crippen molar-refractivity contribution in [1.82, 2.24) is 18.9 Å². The lowest BCUT2D eigenvalue weighted by Crippen LogP contribution is -2.37. The van der Waals surface area contributed by atoms with Crippen LogP contribution >= 0.6 is 0 Å². The van der Waals surface area contributed by atoms with Crippen molar-refractivity contribution in [1.29, 1.82) is 0 Å². The van der Waals surface area contributed by atoms with Gasteiger partial charge in [0, 0.05) is 36.2 Å². The molecular formula is C27H27N5O5S. The van der Waals surface area contributed by atoms with Gasteiger partial charge in [0.25, 0.3) is 0 Å². The van der Waals surface area contributed by atoms with Gasteiger partial charge in [0.05, 0.1) is 11.9 Å². The van der Waals surface area contributed by atoms with E-state index in [-0.39, 0.29) is 11.7 Å². The third-order valence-electron chi connectivity index (χ3n) is 6.65. The van der Waals surface area contributed by atoms with Crippen molar-refractivity contribution in [2.24, 2.45) is 0 Å². The number of para-hydroxylation sites is 1. The zero-order valence-corrected chi connectivity index (χ0v) is 21.5. The summed E-state index contributed by atoms with van der Waals surface area (Å²) in [6.45, 7) is 0.723. The lowest BCUT2D eigenvalue weighted by atomic mass is 9.90. The molecule has 0 amide bonds. The maximum Gasteiger partial charge on any atom is 0.328 e. The van der Waals surface area contributed by atoms with Gasteiger partial charge in [-0.3, -0.25) is 0 Å². The van der Waals surface area contributed by atoms with Crippen molar-refractivity contribution in [3.8, 4) is 22.6 Å². The summed E-state index contributed by atoms with van der Waals surface area (Å²) in [6, 6.07) is 16.9. The fourth-order valence-corrected chi connectivity index (χ4v) is 5.81. The van der Waals surface area contributed by atoms with E-state index in [1.54, 1.807) is 10.6 Å². The van der Waals surface area contributed by atoms with Crippen LogP contribution in [0.4, 0.5) is 5.82 Å². The Labute approximate surface area is 220 Å². The Kier molecular flexibility index (Phi) is 6.87. The minimum Gasteiger partial charge on any atom is -0.478 e. The first-order valence-electron chi connectivity index (χ1n) is 12.1. The van der Waals surface area contributed by atoms with Crippen LogP contribution in [0.25, 0.3) is 22.7 Å². The Morgan fingerprint density at radius 1 is 1.08 bits per heavy atom. The SMILES string of the molecule is CS(=O)(=O)N1CCC(c2c(C=CC(=O)O)c(-c3ccc(Oc4ccccc4)cc3)c3c(N)ncnn23)CC1. The topological polar surface area (TPSA) is 140 Å². The summed E-state index contributed by atoms with van der Waals surface area (Å²) < 4.78 is 33.2. The van der Waals surface area contributed by atoms with Gasteiger partial charge in [0.1, 0.15) is 23.3 Å². The molecule has 10 nitrogen and oxygen atoms in total. The average Bonchev–Trinajstić information content (AvgIpc) is 3.23. The highest BCUT2D eigenvalue weighted by Gasteiger charge is 2.31. The fourth-order valence-electron chi connectivity index (χ4n) is 4.94. The summed E-state index contributed by atoms with van der Waals surface area (Å²) in [7, 11) is -3.30. The van der Waals surface area contributed by atoms with Crippen LogP contribution in [-0.2, 0) is 14.8 Å². The Morgan fingerprint density at radius 2 is 1.74 bits per heavy atom. The van der Waals surface area contributed by atoms with Gasteiger partial charge >= 0.3 is 5.97 Å². The minimum absolute atomic E-state index is 0.0716. The number of hydrogen-bond acceptors (Lipinski definition) is 7. The molecule has 3 heterocycles. The first-order chi connectivity index (χ1) is 18.2. The van der Waals surface area contributed by atoms with Crippen LogP contribution in [0.5, 0.6) is 11.5 Å². The molecule has 0 atom stereocenters. The number of rotatable bonds is 7. The molecule has 1 saturated heterocycles. The lowest BCUT2D eigenvalue weighted by molar-refractivity contribution is -0.131. The van der Waals surface area contributed by atoms with E-state index in [0.717, 1.165) is 17.3 Å². The van der Waals surface area contributed by atoms with E-state index in [1.807, 2.05) is 54.6 Å². The molecule has 3 N–H and O–H groups in total. The largest absolute Gasteiger partial charge is 0.478 e. The first-order valence-corrected chi connectivity index (χ1v) is 13.9. The summed E-state index contributed by atoms with van der Waals surface area (Å²) in [4.78, 5) is 15.7. The van der Waals surface area contributed by atoms with E-state index in [0.29, 0.717) is 54.1 Å². The molecule has 1 aliphatic heterocycles. The zero-order chi connectivity index (χ0) is 26.9. The molecule has 2 aromatic heterocycles. The number of hydrogen-bond donors (Lipinski definition) is 2. The number of carbonyl (C=O) groups is 1. The highest BCUT2D eigenvalue weighted by molar-refractivity contribution is 7.88. The minimum atomic E-state index is -3.30. The molecule has 0 radical (unpaired) electrons. The van der Waals surface area contributed by atoms with Crippen molar-refractivity contribution >= 4 is 33.4 Å². The quantitative estimate of drug-likeness (QED) is 0.340. The van der Waals surface area contributed by atoms with Crippen LogP contribution < -0.4 is 10.5 Å². The average molecular weight is 534 g/mol. The molecule has 2 aromatic carbocycles. The predicted octanol–water partition coefficient (Wildman–Crippen LogP) is 4.01. The van der Waals surface area contributed by atoms with Crippen LogP contribution in [0, 0.1) is 0 Å². The lowest BCUT2D eigenvalue weighted by Gasteiger charge is -2.30. The number of fused-ring (bicyclic) bond motifs is 1. The Balaban J connectivity index is 1.62. The molecule has 5 rings (SSSR count). The van der Waals surface area contributed by atoms with Gasteiger partial charge in [-0.1, -0.05) is 30.3 Å². The van der Waals surface area contributed by atoms with Gasteiger partial charge in [0.15, 0.2) is 5.82 Å². The maximum atomic E-state index is 12.1. The second-order valence-corrected chi connectivity index (χ2v) is 11.1. The number of piperidine rings is 1. The van der Waals surface area contributed by atoms with E-state index >= 15 is 0 Å². The number of ether oxygens (including phenoxy) is 1. The molecule has 1 fully saturated rings. The van der Waals surface area contributed by atoms with Gasteiger partial charge in [-0.15, -0.1) is 0 Å². The third-order valence-corrected chi connectivity index (χ3v) is 7.96. The number of carboxylic acids is 1. The standard InChI is InChI=1S/C27H27N5O5S/c1-38(35,36)31-15-13-19(14-16-31)25-22(11-12-23(33)34)24(26-27(28)29-17-30-32(25)26)18-7-9-21(10-8-18)37-20-5-3-2-4-6-20/h2-12,17,19H,13-16H2,1H3,(H,33,34)(H2,28,29,30). The number of sulfonamides is 1. The van der Waals surface area contributed by atoms with E-state index in [9.17, 15) is 18.3 Å². The van der Waals surface area contributed by atoms with Gasteiger partial charge < -0.3 is 15.6 Å². The van der Waals surface area contributed by atoms with Crippen molar-refractivity contribution in [3.63, 3.8) is 0 Å². The Morgan fingerprint density at radius 3 is 2.37 bits per heavy atom. The predicted molar refractivity (Wildman–Crippen MR) is 144 cm³/mol. The molecule has 0 aliphatic carbocycles. The van der Waals surface area contributed by atoms with E-state index in [1.165, 1.54) is 16.9 Å². The summed E-state index contributed by atoms with van der Waals surface area (Å²) in [5, 5.41) is 13.9. The van der Waals surface area contributed by atoms with E-state index in [4.69, 9.17) is 10.5 Å². The normalized spacial score (nSPS) is 15.3. The molecule has 196 valence electrons. The Bertz CT molecular complexity index is 1610. The second-order valence-electron chi connectivity index (χ2n) is 9.13. The number of benzene rings is 2. The van der Waals surface area contributed by atoms with Gasteiger partial charge in [-0.2, -0.15) is 5.10 Å². The van der Waals surface area contributed by atoms with Crippen molar-refractivity contribution < 1.29 is 23.1 Å². The summed E-state index contributed by atoms with van der Waals surface area (Å²) in [5.74, 6) is 0.445. The summed E-state index contributed by atoms with van der Waals surface area (Å²) in [6.07, 6.45) is 6.32. The highest BCUT2D eigenvalue weighted by atomic mass is 32.2. The molecule has 0 saturated carbocycles. The van der Waals surface area contributed by atoms with E-state index in [2.05, 4.69) is 10.1 Å². The van der Waals surface area contributed by atoms with Crippen LogP contribution in [0.2, 0.25) is 0 Å². The van der Waals surface area contributed by atoms with Crippen molar-refractivity contribution in [3.05, 3.63) is 78.3 Å². The van der Waals surface area contributed by atoms with Crippen LogP contribution in [0.3, 0.4) is 0 Å². The number of nitrogens with zero attached hydrogens (tertiary/aromatic N) is 4. The number of nitrogen functional groups attached to an aromatic ring is 1. The van der Waals surface area contributed by atoms with Crippen molar-refractivity contribution in [2.75, 3.05) is 25.1 Å². The smallest absolute Gasteiger partial charge is 0.328 e. The van der Waals surface area contributed by atoms with Crippen LogP contribution in [0.15, 0.2) is 67.0 Å². The molecule has 0 unspecified atom stereocenters. The van der Waals surface area contributed by atoms with Crippen LogP contribution in [0.1, 0.15) is 30.0 Å². The first kappa shape index (κ1) is 25.4.